The van der Waals surface area contributed by atoms with E-state index in [1.807, 2.05) is 17.0 Å². The Morgan fingerprint density at radius 3 is 3.00 bits per heavy atom. The number of benzene rings is 1. The van der Waals surface area contributed by atoms with Gasteiger partial charge in [-0.25, -0.2) is 0 Å². The lowest BCUT2D eigenvalue weighted by atomic mass is 9.93. The van der Waals surface area contributed by atoms with Gasteiger partial charge in [0.1, 0.15) is 5.60 Å². The van der Waals surface area contributed by atoms with Gasteiger partial charge in [-0.3, -0.25) is 4.79 Å². The molecule has 4 rings (SSSR count). The molecule has 1 aliphatic heterocycles. The molecule has 0 radical (unpaired) electrons. The predicted octanol–water partition coefficient (Wildman–Crippen LogP) is 1.91. The third kappa shape index (κ3) is 2.42. The molecule has 2 heterocycles. The van der Waals surface area contributed by atoms with Crippen molar-refractivity contribution in [2.45, 2.75) is 18.4 Å². The van der Waals surface area contributed by atoms with Crippen molar-refractivity contribution in [1.82, 2.24) is 10.2 Å². The number of hydrogen-bond donors (Lipinski definition) is 1. The molecule has 1 amide bonds. The number of carbonyl (C=O) groups is 1. The van der Waals surface area contributed by atoms with E-state index in [4.69, 9.17) is 22.1 Å². The number of nitrogens with zero attached hydrogens (tertiary/aromatic N) is 3. The zero-order valence-electron chi connectivity index (χ0n) is 13.0. The summed E-state index contributed by atoms with van der Waals surface area (Å²) >= 11 is 5.86. The van der Waals surface area contributed by atoms with Crippen LogP contribution in [0.15, 0.2) is 30.3 Å². The van der Waals surface area contributed by atoms with E-state index in [2.05, 4.69) is 22.3 Å². The summed E-state index contributed by atoms with van der Waals surface area (Å²) in [5.74, 6) is -0.0897. The van der Waals surface area contributed by atoms with E-state index in [0.717, 1.165) is 12.8 Å². The van der Waals surface area contributed by atoms with Crippen molar-refractivity contribution < 1.29 is 9.53 Å². The zero-order chi connectivity index (χ0) is 16.7. The van der Waals surface area contributed by atoms with Gasteiger partial charge in [-0.1, -0.05) is 35.9 Å². The number of primary amides is 1. The maximum absolute atomic E-state index is 11.8. The van der Waals surface area contributed by atoms with E-state index in [9.17, 15) is 4.79 Å². The molecule has 1 saturated heterocycles. The van der Waals surface area contributed by atoms with Gasteiger partial charge in [-0.05, 0) is 30.0 Å². The van der Waals surface area contributed by atoms with Gasteiger partial charge >= 0.3 is 0 Å². The molecule has 6 nitrogen and oxygen atoms in total. The summed E-state index contributed by atoms with van der Waals surface area (Å²) in [4.78, 5) is 13.8. The largest absolute Gasteiger partial charge is 0.367 e. The van der Waals surface area contributed by atoms with Crippen molar-refractivity contribution in [2.24, 2.45) is 5.73 Å². The van der Waals surface area contributed by atoms with Crippen LogP contribution in [0.4, 0.5) is 5.82 Å². The number of ether oxygens (including phenoxy) is 1. The van der Waals surface area contributed by atoms with Gasteiger partial charge in [0, 0.05) is 6.54 Å². The summed E-state index contributed by atoms with van der Waals surface area (Å²) in [5.41, 5.74) is 7.94. The highest BCUT2D eigenvalue weighted by molar-refractivity contribution is 6.29. The van der Waals surface area contributed by atoms with E-state index in [1.54, 1.807) is 0 Å². The van der Waals surface area contributed by atoms with Gasteiger partial charge in [0.2, 0.25) is 0 Å². The quantitative estimate of drug-likeness (QED) is 0.900. The lowest BCUT2D eigenvalue weighted by Gasteiger charge is -2.41. The van der Waals surface area contributed by atoms with Crippen LogP contribution >= 0.6 is 11.6 Å². The highest BCUT2D eigenvalue weighted by Crippen LogP contribution is 2.43. The van der Waals surface area contributed by atoms with Crippen LogP contribution in [0.3, 0.4) is 0 Å². The molecule has 24 heavy (non-hydrogen) atoms. The van der Waals surface area contributed by atoms with Gasteiger partial charge in [0.05, 0.1) is 18.7 Å². The standard InChI is InChI=1S/C17H17ClN4O2/c18-14-9-12(15(19)23)16(21-20-14)22-7-8-24-17(10-22)6-5-11-3-1-2-4-13(11)17/h1-4,9H,5-8,10H2,(H2,19,23). The van der Waals surface area contributed by atoms with E-state index in [0.29, 0.717) is 31.1 Å². The number of morpholine rings is 1. The number of rotatable bonds is 2. The second-order valence-corrected chi connectivity index (χ2v) is 6.58. The molecule has 124 valence electrons. The van der Waals surface area contributed by atoms with Crippen LogP contribution < -0.4 is 10.6 Å². The SMILES string of the molecule is NC(=O)c1cc(Cl)nnc1N1CCOC2(CCc3ccccc32)C1. The van der Waals surface area contributed by atoms with E-state index >= 15 is 0 Å². The molecule has 1 aromatic heterocycles. The summed E-state index contributed by atoms with van der Waals surface area (Å²) < 4.78 is 6.20. The lowest BCUT2D eigenvalue weighted by molar-refractivity contribution is -0.0594. The number of aryl methyl sites for hydroxylation is 1. The van der Waals surface area contributed by atoms with Crippen molar-refractivity contribution in [3.05, 3.63) is 52.2 Å². The van der Waals surface area contributed by atoms with Gasteiger partial charge in [0.25, 0.3) is 5.91 Å². The predicted molar refractivity (Wildman–Crippen MR) is 90.2 cm³/mol. The molecule has 1 atom stereocenters. The van der Waals surface area contributed by atoms with Crippen molar-refractivity contribution in [2.75, 3.05) is 24.6 Å². The average Bonchev–Trinajstić information content (AvgIpc) is 2.93. The van der Waals surface area contributed by atoms with E-state index < -0.39 is 5.91 Å². The topological polar surface area (TPSA) is 81.3 Å². The third-order valence-corrected chi connectivity index (χ3v) is 4.99. The fraction of sp³-hybridized carbons (Fsp3) is 0.353. The maximum Gasteiger partial charge on any atom is 0.252 e. The monoisotopic (exact) mass is 344 g/mol. The summed E-state index contributed by atoms with van der Waals surface area (Å²) in [6.07, 6.45) is 1.90. The fourth-order valence-electron chi connectivity index (χ4n) is 3.71. The first-order chi connectivity index (χ1) is 11.6. The van der Waals surface area contributed by atoms with Gasteiger partial charge in [-0.15, -0.1) is 10.2 Å². The van der Waals surface area contributed by atoms with Crippen molar-refractivity contribution in [3.63, 3.8) is 0 Å². The van der Waals surface area contributed by atoms with Crippen molar-refractivity contribution in [1.29, 1.82) is 0 Å². The van der Waals surface area contributed by atoms with Crippen LogP contribution in [0.25, 0.3) is 0 Å². The Hall–Kier alpha value is -2.18. The Bertz CT molecular complexity index is 809. The average molecular weight is 345 g/mol. The summed E-state index contributed by atoms with van der Waals surface area (Å²) in [6, 6.07) is 9.81. The number of aromatic nitrogens is 2. The van der Waals surface area contributed by atoms with Crippen LogP contribution in [0.2, 0.25) is 5.15 Å². The van der Waals surface area contributed by atoms with E-state index in [1.165, 1.54) is 17.2 Å². The molecule has 1 fully saturated rings. The number of nitrogens with two attached hydrogens (primary N) is 1. The molecule has 1 aliphatic carbocycles. The number of anilines is 1. The van der Waals surface area contributed by atoms with Crippen LogP contribution in [0.5, 0.6) is 0 Å². The minimum absolute atomic E-state index is 0.154. The first kappa shape index (κ1) is 15.4. The first-order valence-corrected chi connectivity index (χ1v) is 8.27. The van der Waals surface area contributed by atoms with Crippen molar-refractivity contribution in [3.8, 4) is 0 Å². The molecule has 1 spiro atoms. The van der Waals surface area contributed by atoms with Gasteiger partial charge in [-0.2, -0.15) is 0 Å². The first-order valence-electron chi connectivity index (χ1n) is 7.89. The van der Waals surface area contributed by atoms with Gasteiger partial charge < -0.3 is 15.4 Å². The molecule has 7 heteroatoms. The molecule has 0 bridgehead atoms. The summed E-state index contributed by atoms with van der Waals surface area (Å²) in [7, 11) is 0. The van der Waals surface area contributed by atoms with Crippen LogP contribution in [0, 0.1) is 0 Å². The number of hydrogen-bond acceptors (Lipinski definition) is 5. The second kappa shape index (κ2) is 5.72. The number of amides is 1. The molecule has 1 unspecified atom stereocenters. The van der Waals surface area contributed by atoms with Crippen molar-refractivity contribution >= 4 is 23.3 Å². The highest BCUT2D eigenvalue weighted by Gasteiger charge is 2.44. The third-order valence-electron chi connectivity index (χ3n) is 4.80. The van der Waals surface area contributed by atoms with Crippen LogP contribution in [0.1, 0.15) is 27.9 Å². The second-order valence-electron chi connectivity index (χ2n) is 6.19. The van der Waals surface area contributed by atoms with Crippen LogP contribution in [-0.2, 0) is 16.8 Å². The van der Waals surface area contributed by atoms with Gasteiger partial charge in [0.15, 0.2) is 11.0 Å². The highest BCUT2D eigenvalue weighted by atomic mass is 35.5. The van der Waals surface area contributed by atoms with E-state index in [-0.39, 0.29) is 10.8 Å². The minimum atomic E-state index is -0.561. The Kier molecular flexibility index (Phi) is 3.66. The smallest absolute Gasteiger partial charge is 0.252 e. The molecular weight excluding hydrogens is 328 g/mol. The number of fused-ring (bicyclic) bond motifs is 2. The Morgan fingerprint density at radius 1 is 1.33 bits per heavy atom. The summed E-state index contributed by atoms with van der Waals surface area (Å²) in [6.45, 7) is 1.79. The number of carbonyl (C=O) groups excluding carboxylic acids is 1. The minimum Gasteiger partial charge on any atom is -0.367 e. The Labute approximate surface area is 144 Å². The Balaban J connectivity index is 1.71. The molecule has 2 aromatic rings. The Morgan fingerprint density at radius 2 is 2.17 bits per heavy atom. The normalized spacial score (nSPS) is 22.6. The molecule has 1 aromatic carbocycles. The lowest BCUT2D eigenvalue weighted by Crippen LogP contribution is -2.49. The molecular formula is C17H17ClN4O2. The molecule has 0 saturated carbocycles. The maximum atomic E-state index is 11.8. The van der Waals surface area contributed by atoms with Crippen LogP contribution in [-0.4, -0.2) is 35.8 Å². The number of halogens is 1. The fourth-order valence-corrected chi connectivity index (χ4v) is 3.86. The zero-order valence-corrected chi connectivity index (χ0v) is 13.8. The summed E-state index contributed by atoms with van der Waals surface area (Å²) in [5, 5.41) is 8.16. The molecule has 2 aliphatic rings. The molecule has 2 N–H and O–H groups in total.